The predicted molar refractivity (Wildman–Crippen MR) is 73.5 cm³/mol. The fourth-order valence-corrected chi connectivity index (χ4v) is 3.37. The lowest BCUT2D eigenvalue weighted by Crippen LogP contribution is -2.29. The Balaban J connectivity index is 1.71. The van der Waals surface area contributed by atoms with Crippen LogP contribution in [0.4, 0.5) is 0 Å². The van der Waals surface area contributed by atoms with Gasteiger partial charge < -0.3 is 5.32 Å². The molecule has 1 N–H and O–H groups in total. The highest BCUT2D eigenvalue weighted by Gasteiger charge is 2.29. The minimum absolute atomic E-state index is 0.714. The van der Waals surface area contributed by atoms with Crippen molar-refractivity contribution in [2.24, 2.45) is 13.0 Å². The monoisotopic (exact) mass is 247 g/mol. The summed E-state index contributed by atoms with van der Waals surface area (Å²) < 4.78 is 2.08. The SMILES string of the molecule is Cn1nccc1C1CCCCCC1CNC1CC1. The third-order valence-corrected chi connectivity index (χ3v) is 4.64. The van der Waals surface area contributed by atoms with Gasteiger partial charge in [0.1, 0.15) is 0 Å². The number of nitrogens with zero attached hydrogens (tertiary/aromatic N) is 2. The van der Waals surface area contributed by atoms with Crippen LogP contribution in [-0.4, -0.2) is 22.4 Å². The molecular weight excluding hydrogens is 222 g/mol. The van der Waals surface area contributed by atoms with Crippen molar-refractivity contribution in [3.63, 3.8) is 0 Å². The first kappa shape index (κ1) is 12.2. The molecule has 3 nitrogen and oxygen atoms in total. The summed E-state index contributed by atoms with van der Waals surface area (Å²) in [7, 11) is 2.09. The van der Waals surface area contributed by atoms with Gasteiger partial charge in [-0.2, -0.15) is 5.10 Å². The van der Waals surface area contributed by atoms with Crippen molar-refractivity contribution in [2.45, 2.75) is 56.9 Å². The molecule has 0 aliphatic heterocycles. The molecule has 0 radical (unpaired) electrons. The van der Waals surface area contributed by atoms with Crippen molar-refractivity contribution in [3.05, 3.63) is 18.0 Å². The van der Waals surface area contributed by atoms with Gasteiger partial charge in [0.2, 0.25) is 0 Å². The molecule has 2 fully saturated rings. The molecule has 100 valence electrons. The van der Waals surface area contributed by atoms with Crippen molar-refractivity contribution in [3.8, 4) is 0 Å². The van der Waals surface area contributed by atoms with E-state index in [2.05, 4.69) is 28.2 Å². The molecule has 0 bridgehead atoms. The van der Waals surface area contributed by atoms with Gasteiger partial charge in [-0.1, -0.05) is 19.3 Å². The summed E-state index contributed by atoms with van der Waals surface area (Å²) >= 11 is 0. The van der Waals surface area contributed by atoms with Crippen LogP contribution in [-0.2, 0) is 7.05 Å². The van der Waals surface area contributed by atoms with Crippen molar-refractivity contribution < 1.29 is 0 Å². The number of aromatic nitrogens is 2. The highest BCUT2D eigenvalue weighted by atomic mass is 15.3. The fourth-order valence-electron chi connectivity index (χ4n) is 3.37. The van der Waals surface area contributed by atoms with Gasteiger partial charge in [0.05, 0.1) is 0 Å². The lowest BCUT2D eigenvalue weighted by atomic mass is 9.85. The van der Waals surface area contributed by atoms with Gasteiger partial charge in [-0.25, -0.2) is 0 Å². The average molecular weight is 247 g/mol. The van der Waals surface area contributed by atoms with Gasteiger partial charge in [-0.3, -0.25) is 4.68 Å². The van der Waals surface area contributed by atoms with Gasteiger partial charge in [0.25, 0.3) is 0 Å². The second kappa shape index (κ2) is 5.43. The van der Waals surface area contributed by atoms with Crippen molar-refractivity contribution in [1.29, 1.82) is 0 Å². The molecular formula is C15H25N3. The van der Waals surface area contributed by atoms with Gasteiger partial charge in [0, 0.05) is 30.9 Å². The Kier molecular flexibility index (Phi) is 3.69. The van der Waals surface area contributed by atoms with E-state index in [1.165, 1.54) is 57.2 Å². The molecule has 0 spiro atoms. The molecule has 1 heterocycles. The summed E-state index contributed by atoms with van der Waals surface area (Å²) in [4.78, 5) is 0. The van der Waals surface area contributed by atoms with Crippen LogP contribution in [0.25, 0.3) is 0 Å². The third kappa shape index (κ3) is 2.77. The molecule has 0 aromatic carbocycles. The lowest BCUT2D eigenvalue weighted by Gasteiger charge is -2.25. The molecule has 2 aliphatic carbocycles. The van der Waals surface area contributed by atoms with Crippen LogP contribution in [0.1, 0.15) is 56.6 Å². The zero-order chi connectivity index (χ0) is 12.4. The maximum absolute atomic E-state index is 4.36. The summed E-state index contributed by atoms with van der Waals surface area (Å²) in [6.45, 7) is 1.21. The molecule has 2 aliphatic rings. The second-order valence-electron chi connectivity index (χ2n) is 6.07. The summed E-state index contributed by atoms with van der Waals surface area (Å²) in [5, 5.41) is 8.10. The van der Waals surface area contributed by atoms with Crippen LogP contribution in [0.15, 0.2) is 12.3 Å². The van der Waals surface area contributed by atoms with Gasteiger partial charge >= 0.3 is 0 Å². The molecule has 0 amide bonds. The number of hydrogen-bond acceptors (Lipinski definition) is 2. The van der Waals surface area contributed by atoms with Crippen LogP contribution < -0.4 is 5.32 Å². The largest absolute Gasteiger partial charge is 0.314 e. The smallest absolute Gasteiger partial charge is 0.0492 e. The van der Waals surface area contributed by atoms with E-state index < -0.39 is 0 Å². The first-order chi connectivity index (χ1) is 8.84. The maximum Gasteiger partial charge on any atom is 0.0492 e. The zero-order valence-electron chi connectivity index (χ0n) is 11.4. The predicted octanol–water partition coefficient (Wildman–Crippen LogP) is 2.84. The molecule has 1 aromatic heterocycles. The van der Waals surface area contributed by atoms with E-state index in [4.69, 9.17) is 0 Å². The number of aryl methyl sites for hydroxylation is 1. The average Bonchev–Trinajstić information content (AvgIpc) is 3.14. The van der Waals surface area contributed by atoms with E-state index in [0.717, 1.165) is 12.0 Å². The number of rotatable bonds is 4. The van der Waals surface area contributed by atoms with Gasteiger partial charge in [-0.05, 0) is 44.2 Å². The van der Waals surface area contributed by atoms with E-state index in [9.17, 15) is 0 Å². The molecule has 1 aromatic rings. The van der Waals surface area contributed by atoms with Crippen LogP contribution in [0.5, 0.6) is 0 Å². The first-order valence-electron chi connectivity index (χ1n) is 7.56. The molecule has 2 saturated carbocycles. The van der Waals surface area contributed by atoms with Crippen LogP contribution >= 0.6 is 0 Å². The second-order valence-corrected chi connectivity index (χ2v) is 6.07. The molecule has 18 heavy (non-hydrogen) atoms. The summed E-state index contributed by atoms with van der Waals surface area (Å²) in [5.41, 5.74) is 1.44. The first-order valence-corrected chi connectivity index (χ1v) is 7.56. The van der Waals surface area contributed by atoms with E-state index in [1.807, 2.05) is 6.20 Å². The normalized spacial score (nSPS) is 29.2. The Morgan fingerprint density at radius 2 is 2.06 bits per heavy atom. The highest BCUT2D eigenvalue weighted by Crippen LogP contribution is 2.36. The van der Waals surface area contributed by atoms with Crippen LogP contribution in [0, 0.1) is 5.92 Å². The Bertz CT molecular complexity index is 381. The summed E-state index contributed by atoms with van der Waals surface area (Å²) in [6, 6.07) is 3.06. The zero-order valence-corrected chi connectivity index (χ0v) is 11.4. The van der Waals surface area contributed by atoms with Crippen molar-refractivity contribution in [2.75, 3.05) is 6.54 Å². The van der Waals surface area contributed by atoms with Crippen molar-refractivity contribution in [1.82, 2.24) is 15.1 Å². The highest BCUT2D eigenvalue weighted by molar-refractivity contribution is 5.10. The Hall–Kier alpha value is -0.830. The fraction of sp³-hybridized carbons (Fsp3) is 0.800. The minimum Gasteiger partial charge on any atom is -0.314 e. The molecule has 3 heteroatoms. The van der Waals surface area contributed by atoms with Crippen LogP contribution in [0.2, 0.25) is 0 Å². The Morgan fingerprint density at radius 1 is 1.22 bits per heavy atom. The molecule has 2 atom stereocenters. The third-order valence-electron chi connectivity index (χ3n) is 4.64. The van der Waals surface area contributed by atoms with E-state index >= 15 is 0 Å². The molecule has 2 unspecified atom stereocenters. The van der Waals surface area contributed by atoms with E-state index in [0.29, 0.717) is 5.92 Å². The number of hydrogen-bond donors (Lipinski definition) is 1. The molecule has 3 rings (SSSR count). The van der Waals surface area contributed by atoms with Crippen molar-refractivity contribution >= 4 is 0 Å². The maximum atomic E-state index is 4.36. The van der Waals surface area contributed by atoms with Gasteiger partial charge in [-0.15, -0.1) is 0 Å². The quantitative estimate of drug-likeness (QED) is 0.829. The minimum atomic E-state index is 0.714. The van der Waals surface area contributed by atoms with E-state index in [-0.39, 0.29) is 0 Å². The topological polar surface area (TPSA) is 29.9 Å². The summed E-state index contributed by atoms with van der Waals surface area (Å²) in [6.07, 6.45) is 11.7. The number of nitrogens with one attached hydrogen (secondary N) is 1. The summed E-state index contributed by atoms with van der Waals surface area (Å²) in [5.74, 6) is 1.52. The molecule has 0 saturated heterocycles. The van der Waals surface area contributed by atoms with Crippen LogP contribution in [0.3, 0.4) is 0 Å². The van der Waals surface area contributed by atoms with Gasteiger partial charge in [0.15, 0.2) is 0 Å². The standard InChI is InChI=1S/C15H25N3/c1-18-15(9-10-17-18)14-6-4-2-3-5-12(14)11-16-13-7-8-13/h9-10,12-14,16H,2-8,11H2,1H3. The lowest BCUT2D eigenvalue weighted by molar-refractivity contribution is 0.360. The Morgan fingerprint density at radius 3 is 2.78 bits per heavy atom. The Labute approximate surface area is 110 Å². The van der Waals surface area contributed by atoms with E-state index in [1.54, 1.807) is 0 Å².